The van der Waals surface area contributed by atoms with Gasteiger partial charge in [0, 0.05) is 23.0 Å². The SMILES string of the molecule is Cc1cc(-n2c(C(C)C)c(N3CCOCC3=O)c3cc4[nH]ncc4cc32)ccc1F. The minimum Gasteiger partial charge on any atom is -0.370 e. The summed E-state index contributed by atoms with van der Waals surface area (Å²) in [5.74, 6) is -0.158. The van der Waals surface area contributed by atoms with Gasteiger partial charge in [-0.05, 0) is 48.7 Å². The minimum atomic E-state index is -0.234. The van der Waals surface area contributed by atoms with Gasteiger partial charge in [0.25, 0.3) is 5.91 Å². The number of fused-ring (bicyclic) bond motifs is 2. The second-order valence-corrected chi connectivity index (χ2v) is 8.08. The van der Waals surface area contributed by atoms with Crippen LogP contribution in [0.25, 0.3) is 27.5 Å². The monoisotopic (exact) mass is 406 g/mol. The van der Waals surface area contributed by atoms with Gasteiger partial charge in [0.2, 0.25) is 0 Å². The Labute approximate surface area is 173 Å². The van der Waals surface area contributed by atoms with E-state index in [0.717, 1.165) is 38.9 Å². The van der Waals surface area contributed by atoms with Gasteiger partial charge in [0.1, 0.15) is 12.4 Å². The first-order chi connectivity index (χ1) is 14.5. The number of morpholine rings is 1. The van der Waals surface area contributed by atoms with Gasteiger partial charge in [-0.1, -0.05) is 13.8 Å². The Morgan fingerprint density at radius 3 is 2.80 bits per heavy atom. The quantitative estimate of drug-likeness (QED) is 0.547. The zero-order valence-electron chi connectivity index (χ0n) is 17.2. The molecule has 30 heavy (non-hydrogen) atoms. The number of carbonyl (C=O) groups is 1. The van der Waals surface area contributed by atoms with Crippen LogP contribution in [-0.4, -0.2) is 40.4 Å². The summed E-state index contributed by atoms with van der Waals surface area (Å²) in [7, 11) is 0. The molecule has 1 fully saturated rings. The Morgan fingerprint density at radius 2 is 2.07 bits per heavy atom. The van der Waals surface area contributed by atoms with Crippen molar-refractivity contribution in [2.45, 2.75) is 26.7 Å². The molecule has 6 nitrogen and oxygen atoms in total. The van der Waals surface area contributed by atoms with Crippen molar-refractivity contribution in [3.63, 3.8) is 0 Å². The predicted octanol–water partition coefficient (Wildman–Crippen LogP) is 4.44. The fourth-order valence-corrected chi connectivity index (χ4v) is 4.34. The smallest absolute Gasteiger partial charge is 0.253 e. The fourth-order valence-electron chi connectivity index (χ4n) is 4.34. The molecular weight excluding hydrogens is 383 g/mol. The maximum atomic E-state index is 14.0. The van der Waals surface area contributed by atoms with Crippen LogP contribution >= 0.6 is 0 Å². The molecule has 1 saturated heterocycles. The van der Waals surface area contributed by atoms with Crippen molar-refractivity contribution < 1.29 is 13.9 Å². The highest BCUT2D eigenvalue weighted by molar-refractivity contribution is 6.10. The number of benzene rings is 2. The molecule has 0 bridgehead atoms. The molecular formula is C23H23FN4O2. The number of hydrogen-bond donors (Lipinski definition) is 1. The van der Waals surface area contributed by atoms with Gasteiger partial charge in [-0.2, -0.15) is 5.10 Å². The average Bonchev–Trinajstić information content (AvgIpc) is 3.30. The highest BCUT2D eigenvalue weighted by Gasteiger charge is 2.30. The third-order valence-electron chi connectivity index (χ3n) is 5.74. The van der Waals surface area contributed by atoms with Crippen molar-refractivity contribution in [1.82, 2.24) is 14.8 Å². The second-order valence-electron chi connectivity index (χ2n) is 8.08. The maximum absolute atomic E-state index is 14.0. The molecule has 2 aromatic heterocycles. The molecule has 3 heterocycles. The number of aromatic amines is 1. The number of carbonyl (C=O) groups excluding carboxylic acids is 1. The number of nitrogens with one attached hydrogen (secondary N) is 1. The highest BCUT2D eigenvalue weighted by atomic mass is 19.1. The topological polar surface area (TPSA) is 63.1 Å². The normalized spacial score (nSPS) is 15.1. The molecule has 0 unspecified atom stereocenters. The molecule has 0 saturated carbocycles. The molecule has 2 aromatic carbocycles. The third kappa shape index (κ3) is 2.81. The van der Waals surface area contributed by atoms with Crippen LogP contribution in [0.3, 0.4) is 0 Å². The van der Waals surface area contributed by atoms with Gasteiger partial charge in [-0.3, -0.25) is 9.89 Å². The zero-order valence-corrected chi connectivity index (χ0v) is 17.2. The number of aromatic nitrogens is 3. The molecule has 0 atom stereocenters. The van der Waals surface area contributed by atoms with Crippen molar-refractivity contribution in [2.24, 2.45) is 0 Å². The molecule has 154 valence electrons. The van der Waals surface area contributed by atoms with Crippen LogP contribution in [0.5, 0.6) is 0 Å². The van der Waals surface area contributed by atoms with Crippen molar-refractivity contribution in [3.8, 4) is 5.69 Å². The third-order valence-corrected chi connectivity index (χ3v) is 5.74. The van der Waals surface area contributed by atoms with E-state index in [1.807, 2.05) is 11.0 Å². The largest absolute Gasteiger partial charge is 0.370 e. The van der Waals surface area contributed by atoms with Crippen LogP contribution in [0.1, 0.15) is 31.0 Å². The van der Waals surface area contributed by atoms with Gasteiger partial charge in [0.15, 0.2) is 0 Å². The molecule has 0 radical (unpaired) electrons. The zero-order chi connectivity index (χ0) is 21.0. The molecule has 0 aliphatic carbocycles. The predicted molar refractivity (Wildman–Crippen MR) is 115 cm³/mol. The van der Waals surface area contributed by atoms with Gasteiger partial charge >= 0.3 is 0 Å². The lowest BCUT2D eigenvalue weighted by Gasteiger charge is -2.29. The van der Waals surface area contributed by atoms with E-state index in [1.54, 1.807) is 19.2 Å². The molecule has 7 heteroatoms. The Balaban J connectivity index is 1.90. The van der Waals surface area contributed by atoms with E-state index in [1.165, 1.54) is 6.07 Å². The van der Waals surface area contributed by atoms with Crippen molar-refractivity contribution in [3.05, 3.63) is 53.6 Å². The molecule has 4 aromatic rings. The van der Waals surface area contributed by atoms with Crippen molar-refractivity contribution in [2.75, 3.05) is 24.7 Å². The number of halogens is 1. The fraction of sp³-hybridized carbons (Fsp3) is 0.304. The van der Waals surface area contributed by atoms with Crippen LogP contribution < -0.4 is 4.90 Å². The van der Waals surface area contributed by atoms with E-state index < -0.39 is 0 Å². The lowest BCUT2D eigenvalue weighted by atomic mass is 10.1. The molecule has 5 rings (SSSR count). The minimum absolute atomic E-state index is 0.0535. The first-order valence-electron chi connectivity index (χ1n) is 10.1. The van der Waals surface area contributed by atoms with Gasteiger partial charge in [-0.25, -0.2) is 4.39 Å². The maximum Gasteiger partial charge on any atom is 0.253 e. The second kappa shape index (κ2) is 6.95. The van der Waals surface area contributed by atoms with Crippen molar-refractivity contribution in [1.29, 1.82) is 0 Å². The Kier molecular flexibility index (Phi) is 4.36. The Hall–Kier alpha value is -3.19. The van der Waals surface area contributed by atoms with E-state index in [4.69, 9.17) is 4.74 Å². The van der Waals surface area contributed by atoms with E-state index in [2.05, 4.69) is 40.7 Å². The summed E-state index contributed by atoms with van der Waals surface area (Å²) in [4.78, 5) is 14.6. The summed E-state index contributed by atoms with van der Waals surface area (Å²) >= 11 is 0. The van der Waals surface area contributed by atoms with Crippen LogP contribution in [-0.2, 0) is 9.53 Å². The van der Waals surface area contributed by atoms with Crippen LogP contribution in [0.2, 0.25) is 0 Å². The molecule has 1 aliphatic heterocycles. The molecule has 1 amide bonds. The molecule has 0 spiro atoms. The molecule has 1 N–H and O–H groups in total. The number of amides is 1. The lowest BCUT2D eigenvalue weighted by Crippen LogP contribution is -2.42. The van der Waals surface area contributed by atoms with Crippen LogP contribution in [0, 0.1) is 12.7 Å². The van der Waals surface area contributed by atoms with E-state index >= 15 is 0 Å². The number of rotatable bonds is 3. The average molecular weight is 406 g/mol. The first-order valence-corrected chi connectivity index (χ1v) is 10.1. The summed E-state index contributed by atoms with van der Waals surface area (Å²) in [5.41, 5.74) is 5.24. The van der Waals surface area contributed by atoms with E-state index in [-0.39, 0.29) is 24.2 Å². The van der Waals surface area contributed by atoms with Gasteiger partial charge in [0.05, 0.1) is 35.2 Å². The molecule has 1 aliphatic rings. The summed E-state index contributed by atoms with van der Waals surface area (Å²) in [6, 6.07) is 9.27. The first kappa shape index (κ1) is 18.8. The van der Waals surface area contributed by atoms with Gasteiger partial charge < -0.3 is 14.2 Å². The van der Waals surface area contributed by atoms with Crippen LogP contribution in [0.4, 0.5) is 10.1 Å². The Morgan fingerprint density at radius 1 is 1.23 bits per heavy atom. The van der Waals surface area contributed by atoms with E-state index in [0.29, 0.717) is 18.7 Å². The van der Waals surface area contributed by atoms with Crippen LogP contribution in [0.15, 0.2) is 36.5 Å². The standard InChI is InChI=1S/C23H23FN4O2/c1-13(2)22-23(27-6-7-30-12-21(27)29)17-10-19-15(11-25-26-19)9-20(17)28(22)16-4-5-18(24)14(3)8-16/h4-5,8-11,13H,6-7,12H2,1-3H3,(H,25,26). The number of nitrogens with zero attached hydrogens (tertiary/aromatic N) is 3. The lowest BCUT2D eigenvalue weighted by molar-refractivity contribution is -0.125. The highest BCUT2D eigenvalue weighted by Crippen LogP contribution is 2.42. The van der Waals surface area contributed by atoms with Crippen molar-refractivity contribution >= 4 is 33.4 Å². The van der Waals surface area contributed by atoms with E-state index in [9.17, 15) is 9.18 Å². The number of aryl methyl sites for hydroxylation is 1. The van der Waals surface area contributed by atoms with Gasteiger partial charge in [-0.15, -0.1) is 0 Å². The summed E-state index contributed by atoms with van der Waals surface area (Å²) < 4.78 is 21.5. The number of ether oxygens (including phenoxy) is 1. The number of H-pyrrole nitrogens is 1. The number of hydrogen-bond acceptors (Lipinski definition) is 3. The summed E-state index contributed by atoms with van der Waals surface area (Å²) in [5, 5.41) is 9.14. The summed E-state index contributed by atoms with van der Waals surface area (Å²) in [6.07, 6.45) is 1.79. The number of anilines is 1. The Bertz CT molecular complexity index is 1290. The summed E-state index contributed by atoms with van der Waals surface area (Å²) in [6.45, 7) is 7.07.